The van der Waals surface area contributed by atoms with Gasteiger partial charge in [0.15, 0.2) is 0 Å². The zero-order valence-electron chi connectivity index (χ0n) is 23.1. The number of hydrogen-bond acceptors (Lipinski definition) is 4. The van der Waals surface area contributed by atoms with E-state index < -0.39 is 10.0 Å². The summed E-state index contributed by atoms with van der Waals surface area (Å²) in [6.07, 6.45) is 3.74. The summed E-state index contributed by atoms with van der Waals surface area (Å²) in [4.78, 5) is 15.4. The maximum atomic E-state index is 13.0. The number of nitrogens with zero attached hydrogens (tertiary/aromatic N) is 2. The predicted octanol–water partition coefficient (Wildman–Crippen LogP) is 6.00. The number of hydrogen-bond donors (Lipinski definition) is 1. The van der Waals surface area contributed by atoms with Gasteiger partial charge in [-0.15, -0.1) is 0 Å². The number of anilines is 2. The van der Waals surface area contributed by atoms with Crippen molar-refractivity contribution in [1.82, 2.24) is 5.32 Å². The Morgan fingerprint density at radius 2 is 1.66 bits per heavy atom. The summed E-state index contributed by atoms with van der Waals surface area (Å²) in [5, 5.41) is 3.08. The van der Waals surface area contributed by atoms with E-state index in [-0.39, 0.29) is 18.5 Å². The molecule has 2 unspecified atom stereocenters. The minimum absolute atomic E-state index is 0.138. The molecule has 0 aromatic heterocycles. The fourth-order valence-corrected chi connectivity index (χ4v) is 6.25. The first-order valence-corrected chi connectivity index (χ1v) is 15.2. The number of aryl methyl sites for hydroxylation is 2. The third-order valence-corrected chi connectivity index (χ3v) is 8.51. The molecule has 2 atom stereocenters. The van der Waals surface area contributed by atoms with Crippen LogP contribution in [0.15, 0.2) is 66.7 Å². The van der Waals surface area contributed by atoms with Crippen molar-refractivity contribution in [3.05, 3.63) is 94.5 Å². The van der Waals surface area contributed by atoms with Crippen LogP contribution in [0.5, 0.6) is 0 Å². The van der Waals surface area contributed by atoms with Gasteiger partial charge < -0.3 is 10.2 Å². The molecular formula is C31H39N3O3S. The third-order valence-electron chi connectivity index (χ3n) is 7.39. The number of sulfonamides is 1. The van der Waals surface area contributed by atoms with Crippen molar-refractivity contribution < 1.29 is 13.2 Å². The molecule has 1 saturated heterocycles. The van der Waals surface area contributed by atoms with Gasteiger partial charge in [0.25, 0.3) is 5.91 Å². The largest absolute Gasteiger partial charge is 0.371 e. The van der Waals surface area contributed by atoms with Crippen molar-refractivity contribution in [1.29, 1.82) is 0 Å². The van der Waals surface area contributed by atoms with Gasteiger partial charge in [-0.3, -0.25) is 9.10 Å². The molecule has 0 aliphatic carbocycles. The van der Waals surface area contributed by atoms with Crippen LogP contribution < -0.4 is 14.5 Å². The number of amides is 1. The molecule has 4 rings (SSSR count). The van der Waals surface area contributed by atoms with Gasteiger partial charge in [-0.05, 0) is 86.1 Å². The van der Waals surface area contributed by atoms with Crippen LogP contribution in [0.2, 0.25) is 0 Å². The van der Waals surface area contributed by atoms with E-state index in [0.717, 1.165) is 35.3 Å². The molecule has 6 nitrogen and oxygen atoms in total. The molecule has 1 amide bonds. The smallest absolute Gasteiger partial charge is 0.251 e. The van der Waals surface area contributed by atoms with Crippen molar-refractivity contribution in [3.8, 4) is 0 Å². The van der Waals surface area contributed by atoms with Gasteiger partial charge in [0, 0.05) is 24.3 Å². The van der Waals surface area contributed by atoms with Gasteiger partial charge in [-0.1, -0.05) is 49.4 Å². The summed E-state index contributed by atoms with van der Waals surface area (Å²) in [6.45, 7) is 10.5. The summed E-state index contributed by atoms with van der Waals surface area (Å²) in [5.74, 6) is 0.557. The van der Waals surface area contributed by atoms with Crippen molar-refractivity contribution in [2.45, 2.75) is 53.1 Å². The molecule has 1 N–H and O–H groups in total. The van der Waals surface area contributed by atoms with Crippen LogP contribution in [0.3, 0.4) is 0 Å². The fraction of sp³-hybridized carbons (Fsp3) is 0.387. The predicted molar refractivity (Wildman–Crippen MR) is 156 cm³/mol. The van der Waals surface area contributed by atoms with E-state index in [1.807, 2.05) is 51.1 Å². The molecule has 3 aromatic carbocycles. The van der Waals surface area contributed by atoms with Crippen LogP contribution in [0.1, 0.15) is 65.3 Å². The Bertz CT molecular complexity index is 1350. The molecule has 7 heteroatoms. The van der Waals surface area contributed by atoms with E-state index in [9.17, 15) is 13.2 Å². The highest BCUT2D eigenvalue weighted by molar-refractivity contribution is 7.92. The summed E-state index contributed by atoms with van der Waals surface area (Å²) in [7, 11) is -3.50. The van der Waals surface area contributed by atoms with Gasteiger partial charge in [0.05, 0.1) is 24.5 Å². The Morgan fingerprint density at radius 3 is 2.24 bits per heavy atom. The number of benzene rings is 3. The average Bonchev–Trinajstić information content (AvgIpc) is 2.88. The molecule has 202 valence electrons. The first-order chi connectivity index (χ1) is 18.0. The van der Waals surface area contributed by atoms with Crippen LogP contribution in [0, 0.1) is 19.8 Å². The molecule has 1 fully saturated rings. The lowest BCUT2D eigenvalue weighted by molar-refractivity contribution is 0.0940. The van der Waals surface area contributed by atoms with Crippen LogP contribution in [0.4, 0.5) is 11.4 Å². The van der Waals surface area contributed by atoms with Gasteiger partial charge in [0.1, 0.15) is 0 Å². The zero-order valence-corrected chi connectivity index (χ0v) is 23.9. The average molecular weight is 534 g/mol. The summed E-state index contributed by atoms with van der Waals surface area (Å²) < 4.78 is 26.7. The number of carbonyl (C=O) groups is 1. The van der Waals surface area contributed by atoms with Gasteiger partial charge >= 0.3 is 0 Å². The second-order valence-electron chi connectivity index (χ2n) is 10.7. The first kappa shape index (κ1) is 27.7. The van der Waals surface area contributed by atoms with E-state index >= 15 is 0 Å². The Labute approximate surface area is 227 Å². The summed E-state index contributed by atoms with van der Waals surface area (Å²) >= 11 is 0. The van der Waals surface area contributed by atoms with Crippen LogP contribution in [-0.2, 0) is 16.6 Å². The molecule has 1 aliphatic rings. The normalized spacial score (nSPS) is 16.7. The zero-order chi connectivity index (χ0) is 27.4. The lowest BCUT2D eigenvalue weighted by Crippen LogP contribution is -2.34. The second kappa shape index (κ2) is 11.6. The standard InChI is InChI=1S/C31H39N3O3S/c1-22-8-7-19-33(20-22)29-17-15-27(16-18-29)25(4)32-31(35)28-13-11-26(12-14-28)21-34(38(5,36)37)30-23(2)9-6-10-24(30)3/h6,9-18,22,25H,7-8,19-21H2,1-5H3,(H,32,35). The quantitative estimate of drug-likeness (QED) is 0.386. The van der Waals surface area contributed by atoms with Crippen molar-refractivity contribution >= 4 is 27.3 Å². The van der Waals surface area contributed by atoms with Crippen LogP contribution >= 0.6 is 0 Å². The van der Waals surface area contributed by atoms with Gasteiger partial charge in [-0.2, -0.15) is 0 Å². The Kier molecular flexibility index (Phi) is 8.46. The van der Waals surface area contributed by atoms with E-state index in [1.54, 1.807) is 12.1 Å². The maximum Gasteiger partial charge on any atom is 0.251 e. The van der Waals surface area contributed by atoms with E-state index in [0.29, 0.717) is 17.2 Å². The lowest BCUT2D eigenvalue weighted by atomic mass is 9.99. The maximum absolute atomic E-state index is 13.0. The topological polar surface area (TPSA) is 69.7 Å². The first-order valence-electron chi connectivity index (χ1n) is 13.3. The molecule has 0 spiro atoms. The highest BCUT2D eigenvalue weighted by Gasteiger charge is 2.22. The highest BCUT2D eigenvalue weighted by atomic mass is 32.2. The minimum Gasteiger partial charge on any atom is -0.371 e. The highest BCUT2D eigenvalue weighted by Crippen LogP contribution is 2.29. The SMILES string of the molecule is Cc1cccc(C)c1N(Cc1ccc(C(=O)NC(C)c2ccc(N3CCCC(C)C3)cc2)cc1)S(C)(=O)=O. The van der Waals surface area contributed by atoms with Crippen molar-refractivity contribution in [2.75, 3.05) is 28.6 Å². The van der Waals surface area contributed by atoms with E-state index in [1.165, 1.54) is 29.1 Å². The number of nitrogens with one attached hydrogen (secondary N) is 1. The minimum atomic E-state index is -3.50. The Balaban J connectivity index is 1.41. The molecule has 0 bridgehead atoms. The molecule has 0 radical (unpaired) electrons. The summed E-state index contributed by atoms with van der Waals surface area (Å²) in [5.41, 5.74) is 6.15. The Hall–Kier alpha value is -3.32. The third kappa shape index (κ3) is 6.57. The second-order valence-corrected chi connectivity index (χ2v) is 12.6. The molecule has 3 aromatic rings. The van der Waals surface area contributed by atoms with E-state index in [2.05, 4.69) is 41.4 Å². The lowest BCUT2D eigenvalue weighted by Gasteiger charge is -2.33. The van der Waals surface area contributed by atoms with Crippen molar-refractivity contribution in [2.24, 2.45) is 5.92 Å². The number of carbonyl (C=O) groups excluding carboxylic acids is 1. The van der Waals surface area contributed by atoms with Crippen LogP contribution in [-0.4, -0.2) is 33.7 Å². The van der Waals surface area contributed by atoms with Crippen LogP contribution in [0.25, 0.3) is 0 Å². The molecular weight excluding hydrogens is 494 g/mol. The molecule has 1 aliphatic heterocycles. The van der Waals surface area contributed by atoms with Crippen molar-refractivity contribution in [3.63, 3.8) is 0 Å². The molecule has 1 heterocycles. The molecule has 38 heavy (non-hydrogen) atoms. The fourth-order valence-electron chi connectivity index (χ4n) is 5.25. The van der Waals surface area contributed by atoms with E-state index in [4.69, 9.17) is 0 Å². The number of piperidine rings is 1. The monoisotopic (exact) mass is 533 g/mol. The number of para-hydroxylation sites is 1. The van der Waals surface area contributed by atoms with Gasteiger partial charge in [0.2, 0.25) is 10.0 Å². The van der Waals surface area contributed by atoms with Gasteiger partial charge in [-0.25, -0.2) is 8.42 Å². The molecule has 0 saturated carbocycles. The summed E-state index contributed by atoms with van der Waals surface area (Å²) in [6, 6.07) is 21.2. The number of rotatable bonds is 8. The Morgan fingerprint density at radius 1 is 1.03 bits per heavy atom.